The second-order valence-corrected chi connectivity index (χ2v) is 9.61. The van der Waals surface area contributed by atoms with Crippen molar-refractivity contribution in [2.75, 3.05) is 18.4 Å². The number of oxazole rings is 1. The highest BCUT2D eigenvalue weighted by molar-refractivity contribution is 7.89. The molecule has 2 N–H and O–H groups in total. The molecular weight excluding hydrogens is 509 g/mol. The molecule has 5 rings (SSSR count). The molecule has 0 fully saturated rings. The zero-order chi connectivity index (χ0) is 26.0. The number of hydrogen-bond acceptors (Lipinski definition) is 7. The van der Waals surface area contributed by atoms with E-state index in [1.807, 2.05) is 30.3 Å². The number of nitrogens with one attached hydrogen (secondary N) is 2. The van der Waals surface area contributed by atoms with Gasteiger partial charge < -0.3 is 9.73 Å². The fourth-order valence-electron chi connectivity index (χ4n) is 3.67. The van der Waals surface area contributed by atoms with Gasteiger partial charge in [-0.05, 0) is 30.3 Å². The molecule has 0 unspecified atom stereocenters. The fraction of sp³-hybridized carbons (Fsp3) is 0.125. The number of benzene rings is 2. The van der Waals surface area contributed by atoms with Crippen molar-refractivity contribution < 1.29 is 26.0 Å². The molecule has 0 saturated heterocycles. The van der Waals surface area contributed by atoms with Gasteiger partial charge in [0.15, 0.2) is 0 Å². The Labute approximate surface area is 209 Å². The van der Waals surface area contributed by atoms with Crippen LogP contribution >= 0.6 is 0 Å². The average molecular weight is 529 g/mol. The van der Waals surface area contributed by atoms with Gasteiger partial charge in [-0.2, -0.15) is 18.2 Å². The lowest BCUT2D eigenvalue weighted by Gasteiger charge is -2.10. The molecule has 3 heterocycles. The highest BCUT2D eigenvalue weighted by atomic mass is 32.2. The molecule has 0 aliphatic heterocycles. The zero-order valence-electron chi connectivity index (χ0n) is 19.0. The Balaban J connectivity index is 1.29. The number of sulfonamides is 1. The van der Waals surface area contributed by atoms with E-state index in [1.54, 1.807) is 22.9 Å². The topological polar surface area (TPSA) is 114 Å². The molecule has 0 aliphatic rings. The first-order chi connectivity index (χ1) is 17.7. The van der Waals surface area contributed by atoms with Gasteiger partial charge in [0.25, 0.3) is 0 Å². The Bertz CT molecular complexity index is 1630. The summed E-state index contributed by atoms with van der Waals surface area (Å²) < 4.78 is 72.6. The van der Waals surface area contributed by atoms with Crippen molar-refractivity contribution in [3.63, 3.8) is 0 Å². The number of halogens is 3. The van der Waals surface area contributed by atoms with Crippen molar-refractivity contribution in [1.29, 1.82) is 0 Å². The lowest BCUT2D eigenvalue weighted by Crippen LogP contribution is -2.29. The van der Waals surface area contributed by atoms with E-state index >= 15 is 0 Å². The summed E-state index contributed by atoms with van der Waals surface area (Å²) >= 11 is 0. The van der Waals surface area contributed by atoms with Gasteiger partial charge >= 0.3 is 12.0 Å². The predicted octanol–water partition coefficient (Wildman–Crippen LogP) is 4.46. The van der Waals surface area contributed by atoms with Crippen LogP contribution in [0.15, 0.2) is 88.6 Å². The van der Waals surface area contributed by atoms with Crippen LogP contribution in [0.2, 0.25) is 0 Å². The van der Waals surface area contributed by atoms with Gasteiger partial charge in [-0.15, -0.1) is 0 Å². The van der Waals surface area contributed by atoms with Crippen molar-refractivity contribution in [1.82, 2.24) is 24.1 Å². The number of alkyl halides is 3. The summed E-state index contributed by atoms with van der Waals surface area (Å²) in [5, 5.41) is 2.95. The van der Waals surface area contributed by atoms with Crippen molar-refractivity contribution in [3.8, 4) is 22.6 Å². The van der Waals surface area contributed by atoms with Crippen LogP contribution in [-0.2, 0) is 16.2 Å². The monoisotopic (exact) mass is 528 g/mol. The molecule has 9 nitrogen and oxygen atoms in total. The van der Waals surface area contributed by atoms with Gasteiger partial charge in [-0.25, -0.2) is 23.1 Å². The fourth-order valence-corrected chi connectivity index (χ4v) is 4.70. The predicted molar refractivity (Wildman–Crippen MR) is 129 cm³/mol. The van der Waals surface area contributed by atoms with E-state index in [-0.39, 0.29) is 23.9 Å². The summed E-state index contributed by atoms with van der Waals surface area (Å²) in [5.41, 5.74) is 1.89. The molecule has 0 amide bonds. The van der Waals surface area contributed by atoms with Crippen molar-refractivity contribution in [3.05, 3.63) is 84.9 Å². The molecule has 5 aromatic rings. The van der Waals surface area contributed by atoms with Crippen LogP contribution in [0.3, 0.4) is 0 Å². The van der Waals surface area contributed by atoms with E-state index in [4.69, 9.17) is 4.42 Å². The molecule has 0 radical (unpaired) electrons. The van der Waals surface area contributed by atoms with Crippen LogP contribution in [0.25, 0.3) is 28.5 Å². The Morgan fingerprint density at radius 1 is 0.946 bits per heavy atom. The summed E-state index contributed by atoms with van der Waals surface area (Å²) in [6.45, 7) is 0.0766. The largest absolute Gasteiger partial charge is 0.432 e. The van der Waals surface area contributed by atoms with E-state index in [9.17, 15) is 21.6 Å². The lowest BCUT2D eigenvalue weighted by atomic mass is 10.1. The summed E-state index contributed by atoms with van der Waals surface area (Å²) in [7, 11) is -3.99. The zero-order valence-corrected chi connectivity index (χ0v) is 19.8. The van der Waals surface area contributed by atoms with Gasteiger partial charge in [-0.3, -0.25) is 4.40 Å². The van der Waals surface area contributed by atoms with Gasteiger partial charge in [0.1, 0.15) is 17.7 Å². The molecule has 0 atom stereocenters. The number of fused-ring (bicyclic) bond motifs is 1. The van der Waals surface area contributed by atoms with Crippen LogP contribution in [-0.4, -0.2) is 40.9 Å². The summed E-state index contributed by atoms with van der Waals surface area (Å²) in [5.74, 6) is 0.656. The average Bonchev–Trinajstić information content (AvgIpc) is 3.49. The van der Waals surface area contributed by atoms with E-state index in [1.165, 1.54) is 6.26 Å². The highest BCUT2D eigenvalue weighted by Gasteiger charge is 2.30. The minimum absolute atomic E-state index is 0.0507. The number of anilines is 1. The summed E-state index contributed by atoms with van der Waals surface area (Å²) in [4.78, 5) is 13.0. The highest BCUT2D eigenvalue weighted by Crippen LogP contribution is 2.32. The summed E-state index contributed by atoms with van der Waals surface area (Å²) in [6.07, 6.45) is 0.265. The number of rotatable bonds is 8. The first kappa shape index (κ1) is 24.5. The third-order valence-corrected chi connectivity index (χ3v) is 6.88. The van der Waals surface area contributed by atoms with E-state index in [2.05, 4.69) is 25.0 Å². The standard InChI is InChI=1S/C24H19F3N6O3S/c25-24(26,27)17-6-8-18(9-7-17)37(34,35)30-13-12-29-22-28-11-10-19(31-22)21-20(16-4-2-1-3-5-16)32-23-33(21)14-15-36-23/h1-11,14-15,30H,12-13H2,(H,28,29,31). The number of hydrogen-bond donors (Lipinski definition) is 2. The molecular formula is C24H19F3N6O3S. The van der Waals surface area contributed by atoms with Crippen LogP contribution in [0.4, 0.5) is 19.1 Å². The Morgan fingerprint density at radius 3 is 2.43 bits per heavy atom. The molecule has 37 heavy (non-hydrogen) atoms. The molecule has 13 heteroatoms. The maximum atomic E-state index is 12.7. The molecule has 2 aromatic carbocycles. The van der Waals surface area contributed by atoms with Gasteiger partial charge in [0.2, 0.25) is 16.0 Å². The first-order valence-electron chi connectivity index (χ1n) is 11.0. The Morgan fingerprint density at radius 2 is 1.70 bits per heavy atom. The van der Waals surface area contributed by atoms with Crippen molar-refractivity contribution >= 4 is 21.8 Å². The number of imidazole rings is 1. The molecule has 0 saturated carbocycles. The normalized spacial score (nSPS) is 12.2. The first-order valence-corrected chi connectivity index (χ1v) is 12.5. The molecule has 0 spiro atoms. The maximum Gasteiger partial charge on any atom is 0.416 e. The second kappa shape index (κ2) is 9.67. The second-order valence-electron chi connectivity index (χ2n) is 7.84. The minimum Gasteiger partial charge on any atom is -0.432 e. The summed E-state index contributed by atoms with van der Waals surface area (Å²) in [6, 6.07) is 14.6. The third kappa shape index (κ3) is 5.17. The quantitative estimate of drug-likeness (QED) is 0.286. The van der Waals surface area contributed by atoms with Gasteiger partial charge in [0, 0.05) is 31.0 Å². The van der Waals surface area contributed by atoms with Crippen LogP contribution < -0.4 is 10.0 Å². The SMILES string of the molecule is O=S(=O)(NCCNc1nccc(-c2c(-c3ccccc3)nc3occn23)n1)c1ccc(C(F)(F)F)cc1. The Kier molecular flexibility index (Phi) is 6.39. The minimum atomic E-state index is -4.55. The van der Waals surface area contributed by atoms with E-state index in [0.717, 1.165) is 29.8 Å². The van der Waals surface area contributed by atoms with E-state index < -0.39 is 21.8 Å². The lowest BCUT2D eigenvalue weighted by molar-refractivity contribution is -0.137. The van der Waals surface area contributed by atoms with Gasteiger partial charge in [-0.1, -0.05) is 30.3 Å². The molecule has 0 bridgehead atoms. The number of nitrogens with zero attached hydrogens (tertiary/aromatic N) is 4. The molecule has 190 valence electrons. The van der Waals surface area contributed by atoms with Gasteiger partial charge in [0.05, 0.1) is 16.2 Å². The molecule has 0 aliphatic carbocycles. The maximum absolute atomic E-state index is 12.7. The van der Waals surface area contributed by atoms with Crippen LogP contribution in [0.1, 0.15) is 5.56 Å². The third-order valence-electron chi connectivity index (χ3n) is 5.40. The Hall–Kier alpha value is -4.23. The van der Waals surface area contributed by atoms with Crippen molar-refractivity contribution in [2.45, 2.75) is 11.1 Å². The van der Waals surface area contributed by atoms with E-state index in [0.29, 0.717) is 22.9 Å². The number of aromatic nitrogens is 4. The smallest absolute Gasteiger partial charge is 0.416 e. The molecule has 3 aromatic heterocycles. The van der Waals surface area contributed by atoms with Crippen LogP contribution in [0, 0.1) is 0 Å². The van der Waals surface area contributed by atoms with Crippen molar-refractivity contribution in [2.24, 2.45) is 0 Å². The van der Waals surface area contributed by atoms with Crippen LogP contribution in [0.5, 0.6) is 0 Å².